The van der Waals surface area contributed by atoms with Crippen LogP contribution in [-0.4, -0.2) is 38.0 Å². The quantitative estimate of drug-likeness (QED) is 0.340. The van der Waals surface area contributed by atoms with Crippen LogP contribution in [-0.2, 0) is 9.59 Å². The first-order valence-electron chi connectivity index (χ1n) is 10.2. The minimum atomic E-state index is -0.627. The lowest BCUT2D eigenvalue weighted by Crippen LogP contribution is -2.44. The molecule has 0 aromatic heterocycles. The molecule has 0 aliphatic rings. The number of halogens is 2. The number of benzene rings is 3. The van der Waals surface area contributed by atoms with E-state index in [-0.39, 0.29) is 24.5 Å². The number of para-hydroxylation sites is 1. The van der Waals surface area contributed by atoms with Gasteiger partial charge in [-0.15, -0.1) is 0 Å². The third-order valence-corrected chi connectivity index (χ3v) is 5.19. The minimum Gasteiger partial charge on any atom is -0.495 e. The number of hydrogen-bond acceptors (Lipinski definition) is 6. The predicted octanol–water partition coefficient (Wildman–Crippen LogP) is 3.97. The monoisotopic (exact) mass is 561 g/mol. The highest BCUT2D eigenvalue weighted by Crippen LogP contribution is 2.27. The summed E-state index contributed by atoms with van der Waals surface area (Å²) in [6, 6.07) is 18.0. The molecule has 3 N–H and O–H groups in total. The van der Waals surface area contributed by atoms with Gasteiger partial charge < -0.3 is 19.5 Å². The Morgan fingerprint density at radius 2 is 1.57 bits per heavy atom. The van der Waals surface area contributed by atoms with Crippen LogP contribution in [0.4, 0.5) is 5.69 Å². The van der Waals surface area contributed by atoms with Crippen molar-refractivity contribution in [2.45, 2.75) is 0 Å². The molecule has 0 spiro atoms. The molecular formula is C24H21BrClN3O6. The maximum absolute atomic E-state index is 12.6. The second-order valence-corrected chi connectivity index (χ2v) is 8.27. The van der Waals surface area contributed by atoms with Gasteiger partial charge in [-0.25, -0.2) is 0 Å². The SMILES string of the molecule is COc1cc(Cl)ccc1NC(=O)COc1ccccc1C(=O)NNC(=O)COc1ccc(Br)cc1. The Balaban J connectivity index is 1.51. The molecule has 0 aliphatic heterocycles. The van der Waals surface area contributed by atoms with E-state index in [1.54, 1.807) is 54.6 Å². The zero-order chi connectivity index (χ0) is 25.2. The summed E-state index contributed by atoms with van der Waals surface area (Å²) in [7, 11) is 1.46. The summed E-state index contributed by atoms with van der Waals surface area (Å²) < 4.78 is 17.0. The van der Waals surface area contributed by atoms with Crippen molar-refractivity contribution in [3.63, 3.8) is 0 Å². The van der Waals surface area contributed by atoms with Crippen LogP contribution in [0.2, 0.25) is 5.02 Å². The number of carbonyl (C=O) groups is 3. The first-order chi connectivity index (χ1) is 16.9. The number of hydrazine groups is 1. The number of carbonyl (C=O) groups excluding carboxylic acids is 3. The van der Waals surface area contributed by atoms with Crippen molar-refractivity contribution < 1.29 is 28.6 Å². The van der Waals surface area contributed by atoms with E-state index in [4.69, 9.17) is 25.8 Å². The molecule has 3 aromatic carbocycles. The van der Waals surface area contributed by atoms with E-state index in [2.05, 4.69) is 32.1 Å². The maximum Gasteiger partial charge on any atom is 0.276 e. The van der Waals surface area contributed by atoms with Crippen LogP contribution in [0, 0.1) is 0 Å². The Morgan fingerprint density at radius 1 is 0.857 bits per heavy atom. The first-order valence-corrected chi connectivity index (χ1v) is 11.4. The van der Waals surface area contributed by atoms with Crippen LogP contribution < -0.4 is 30.4 Å². The third-order valence-electron chi connectivity index (χ3n) is 4.43. The summed E-state index contributed by atoms with van der Waals surface area (Å²) in [4.78, 5) is 36.9. The lowest BCUT2D eigenvalue weighted by molar-refractivity contribution is -0.123. The van der Waals surface area contributed by atoms with Crippen molar-refractivity contribution in [2.24, 2.45) is 0 Å². The standard InChI is InChI=1S/C24H21BrClN3O6/c1-33-21-12-16(26)8-11-19(21)27-22(30)13-35-20-5-3-2-4-18(20)24(32)29-28-23(31)14-34-17-9-6-15(25)7-10-17/h2-12H,13-14H2,1H3,(H,27,30)(H,28,31)(H,29,32). The van der Waals surface area contributed by atoms with Crippen molar-refractivity contribution in [1.82, 2.24) is 10.9 Å². The van der Waals surface area contributed by atoms with E-state index in [1.807, 2.05) is 0 Å². The van der Waals surface area contributed by atoms with Gasteiger partial charge in [-0.2, -0.15) is 0 Å². The summed E-state index contributed by atoms with van der Waals surface area (Å²) in [6.45, 7) is -0.669. The molecule has 11 heteroatoms. The topological polar surface area (TPSA) is 115 Å². The van der Waals surface area contributed by atoms with Gasteiger partial charge in [0.15, 0.2) is 13.2 Å². The fourth-order valence-corrected chi connectivity index (χ4v) is 3.21. The minimum absolute atomic E-state index is 0.124. The highest BCUT2D eigenvalue weighted by Gasteiger charge is 2.15. The molecule has 0 aliphatic carbocycles. The maximum atomic E-state index is 12.6. The van der Waals surface area contributed by atoms with Gasteiger partial charge in [0.1, 0.15) is 17.2 Å². The van der Waals surface area contributed by atoms with Crippen LogP contribution in [0.25, 0.3) is 0 Å². The van der Waals surface area contributed by atoms with Gasteiger partial charge in [-0.3, -0.25) is 25.2 Å². The van der Waals surface area contributed by atoms with Gasteiger partial charge in [-0.1, -0.05) is 39.7 Å². The zero-order valence-electron chi connectivity index (χ0n) is 18.5. The second kappa shape index (κ2) is 12.6. The summed E-state index contributed by atoms with van der Waals surface area (Å²) in [5.41, 5.74) is 5.11. The molecule has 0 saturated carbocycles. The molecule has 0 bridgehead atoms. The van der Waals surface area contributed by atoms with Gasteiger partial charge in [0.2, 0.25) is 0 Å². The first kappa shape index (κ1) is 25.9. The lowest BCUT2D eigenvalue weighted by atomic mass is 10.2. The number of ether oxygens (including phenoxy) is 3. The molecule has 182 valence electrons. The summed E-state index contributed by atoms with van der Waals surface area (Å²) in [6.07, 6.45) is 0. The second-order valence-electron chi connectivity index (χ2n) is 6.92. The van der Waals surface area contributed by atoms with Crippen LogP contribution >= 0.6 is 27.5 Å². The van der Waals surface area contributed by atoms with Crippen molar-refractivity contribution in [2.75, 3.05) is 25.6 Å². The van der Waals surface area contributed by atoms with Crippen LogP contribution in [0.15, 0.2) is 71.2 Å². The van der Waals surface area contributed by atoms with E-state index >= 15 is 0 Å². The van der Waals surface area contributed by atoms with Gasteiger partial charge >= 0.3 is 0 Å². The molecule has 0 radical (unpaired) electrons. The highest BCUT2D eigenvalue weighted by molar-refractivity contribution is 9.10. The molecule has 0 unspecified atom stereocenters. The Bertz CT molecular complexity index is 1210. The van der Waals surface area contributed by atoms with Gasteiger partial charge in [0.25, 0.3) is 17.7 Å². The molecule has 3 aromatic rings. The normalized spacial score (nSPS) is 10.1. The number of anilines is 1. The van der Waals surface area contributed by atoms with Gasteiger partial charge in [0, 0.05) is 15.6 Å². The summed E-state index contributed by atoms with van der Waals surface area (Å²) in [5.74, 6) is -0.607. The Hall–Kier alpha value is -3.76. The number of hydrogen-bond donors (Lipinski definition) is 3. The third kappa shape index (κ3) is 7.90. The number of methoxy groups -OCH3 is 1. The fourth-order valence-electron chi connectivity index (χ4n) is 2.79. The van der Waals surface area contributed by atoms with Crippen molar-refractivity contribution in [3.05, 3.63) is 81.8 Å². The predicted molar refractivity (Wildman–Crippen MR) is 134 cm³/mol. The number of rotatable bonds is 9. The molecular weight excluding hydrogens is 542 g/mol. The molecule has 3 amide bonds. The van der Waals surface area contributed by atoms with Crippen LogP contribution in [0.3, 0.4) is 0 Å². The molecule has 0 saturated heterocycles. The van der Waals surface area contributed by atoms with E-state index < -0.39 is 17.7 Å². The van der Waals surface area contributed by atoms with E-state index in [1.165, 1.54) is 19.2 Å². The summed E-state index contributed by atoms with van der Waals surface area (Å²) >= 11 is 9.24. The lowest BCUT2D eigenvalue weighted by Gasteiger charge is -2.13. The fraction of sp³-hybridized carbons (Fsp3) is 0.125. The van der Waals surface area contributed by atoms with Gasteiger partial charge in [-0.05, 0) is 48.5 Å². The van der Waals surface area contributed by atoms with E-state index in [0.29, 0.717) is 22.2 Å². The largest absolute Gasteiger partial charge is 0.495 e. The zero-order valence-corrected chi connectivity index (χ0v) is 20.8. The number of nitrogens with one attached hydrogen (secondary N) is 3. The average Bonchev–Trinajstić information content (AvgIpc) is 2.86. The molecule has 9 nitrogen and oxygen atoms in total. The highest BCUT2D eigenvalue weighted by atomic mass is 79.9. The van der Waals surface area contributed by atoms with Crippen molar-refractivity contribution in [3.8, 4) is 17.2 Å². The number of amides is 3. The molecule has 0 heterocycles. The van der Waals surface area contributed by atoms with Crippen molar-refractivity contribution >= 4 is 50.9 Å². The molecule has 0 atom stereocenters. The average molecular weight is 563 g/mol. The Labute approximate surface area is 214 Å². The molecule has 35 heavy (non-hydrogen) atoms. The van der Waals surface area contributed by atoms with E-state index in [9.17, 15) is 14.4 Å². The summed E-state index contributed by atoms with van der Waals surface area (Å²) in [5, 5.41) is 3.12. The van der Waals surface area contributed by atoms with Crippen LogP contribution in [0.1, 0.15) is 10.4 Å². The van der Waals surface area contributed by atoms with E-state index in [0.717, 1.165) is 4.47 Å². The van der Waals surface area contributed by atoms with Gasteiger partial charge in [0.05, 0.1) is 18.4 Å². The molecule has 0 fully saturated rings. The van der Waals surface area contributed by atoms with Crippen LogP contribution in [0.5, 0.6) is 17.2 Å². The smallest absolute Gasteiger partial charge is 0.276 e. The Kier molecular flexibility index (Phi) is 9.33. The van der Waals surface area contributed by atoms with Crippen molar-refractivity contribution in [1.29, 1.82) is 0 Å². The molecule has 3 rings (SSSR count). The Morgan fingerprint density at radius 3 is 2.31 bits per heavy atom.